The average molecular weight is 384 g/mol. The van der Waals surface area contributed by atoms with E-state index in [1.807, 2.05) is 0 Å². The summed E-state index contributed by atoms with van der Waals surface area (Å²) in [7, 11) is 2.83. The van der Waals surface area contributed by atoms with E-state index in [0.717, 1.165) is 0 Å². The van der Waals surface area contributed by atoms with E-state index in [4.69, 9.17) is 14.2 Å². The summed E-state index contributed by atoms with van der Waals surface area (Å²) >= 11 is 0. The number of aromatic carboxylic acids is 1. The van der Waals surface area contributed by atoms with Crippen molar-refractivity contribution < 1.29 is 28.5 Å². The van der Waals surface area contributed by atoms with Crippen molar-refractivity contribution in [2.24, 2.45) is 0 Å². The molecule has 2 aromatic carbocycles. The van der Waals surface area contributed by atoms with E-state index >= 15 is 0 Å². The van der Waals surface area contributed by atoms with Crippen LogP contribution >= 0.6 is 0 Å². The van der Waals surface area contributed by atoms with Crippen molar-refractivity contribution in [1.29, 1.82) is 0 Å². The van der Waals surface area contributed by atoms with E-state index in [-0.39, 0.29) is 29.1 Å². The third-order valence-electron chi connectivity index (χ3n) is 4.00. The lowest BCUT2D eigenvalue weighted by atomic mass is 9.98. The molecule has 144 valence electrons. The SMILES string of the molecule is COc1cc(OC)nc(Oc2cccc(-c3ccc(C)c(F)c3)c2C(=O)O)n1. The lowest BCUT2D eigenvalue weighted by Crippen LogP contribution is -2.05. The first-order valence-electron chi connectivity index (χ1n) is 8.20. The molecule has 0 amide bonds. The highest BCUT2D eigenvalue weighted by molar-refractivity contribution is 5.99. The zero-order valence-electron chi connectivity index (χ0n) is 15.4. The molecule has 0 saturated carbocycles. The second kappa shape index (κ2) is 7.91. The maximum Gasteiger partial charge on any atom is 0.340 e. The minimum atomic E-state index is -1.23. The zero-order valence-corrected chi connectivity index (χ0v) is 15.4. The van der Waals surface area contributed by atoms with E-state index in [0.29, 0.717) is 16.7 Å². The zero-order chi connectivity index (χ0) is 20.3. The molecule has 0 aliphatic carbocycles. The number of hydrogen-bond acceptors (Lipinski definition) is 6. The van der Waals surface area contributed by atoms with Gasteiger partial charge in [0.1, 0.15) is 17.1 Å². The van der Waals surface area contributed by atoms with Gasteiger partial charge in [0.2, 0.25) is 11.8 Å². The Kier molecular flexibility index (Phi) is 5.39. The molecule has 1 aromatic heterocycles. The van der Waals surface area contributed by atoms with Gasteiger partial charge in [-0.3, -0.25) is 0 Å². The fourth-order valence-corrected chi connectivity index (χ4v) is 2.57. The number of carboxylic acid groups (broad SMARTS) is 1. The molecule has 7 nitrogen and oxygen atoms in total. The molecule has 28 heavy (non-hydrogen) atoms. The van der Waals surface area contributed by atoms with Crippen LogP contribution in [-0.2, 0) is 0 Å². The Labute approximate surface area is 160 Å². The van der Waals surface area contributed by atoms with Crippen molar-refractivity contribution in [1.82, 2.24) is 9.97 Å². The molecule has 0 atom stereocenters. The minimum absolute atomic E-state index is 0.00119. The molecule has 0 unspecified atom stereocenters. The maximum absolute atomic E-state index is 14.0. The summed E-state index contributed by atoms with van der Waals surface area (Å²) in [5.74, 6) is -1.28. The summed E-state index contributed by atoms with van der Waals surface area (Å²) in [6.07, 6.45) is 0. The van der Waals surface area contributed by atoms with Gasteiger partial charge < -0.3 is 19.3 Å². The van der Waals surface area contributed by atoms with Crippen LogP contribution in [0.5, 0.6) is 23.5 Å². The molecule has 1 heterocycles. The Morgan fingerprint density at radius 2 is 1.71 bits per heavy atom. The first-order valence-corrected chi connectivity index (χ1v) is 8.20. The molecule has 0 bridgehead atoms. The van der Waals surface area contributed by atoms with E-state index < -0.39 is 11.8 Å². The number of aromatic nitrogens is 2. The largest absolute Gasteiger partial charge is 0.481 e. The Morgan fingerprint density at radius 3 is 2.29 bits per heavy atom. The predicted octanol–water partition coefficient (Wildman–Crippen LogP) is 4.10. The minimum Gasteiger partial charge on any atom is -0.481 e. The van der Waals surface area contributed by atoms with Crippen molar-refractivity contribution in [3.8, 4) is 34.6 Å². The Hall–Kier alpha value is -3.68. The Morgan fingerprint density at radius 1 is 1.04 bits per heavy atom. The second-order valence-corrected chi connectivity index (χ2v) is 5.79. The number of ether oxygens (including phenoxy) is 3. The highest BCUT2D eigenvalue weighted by atomic mass is 19.1. The van der Waals surface area contributed by atoms with Crippen molar-refractivity contribution in [3.63, 3.8) is 0 Å². The van der Waals surface area contributed by atoms with Gasteiger partial charge in [0.25, 0.3) is 0 Å². The van der Waals surface area contributed by atoms with Crippen LogP contribution in [0.1, 0.15) is 15.9 Å². The Bertz CT molecular complexity index is 1020. The maximum atomic E-state index is 14.0. The molecule has 3 rings (SSSR count). The average Bonchev–Trinajstić information content (AvgIpc) is 2.69. The summed E-state index contributed by atoms with van der Waals surface area (Å²) in [5.41, 5.74) is 1.04. The van der Waals surface area contributed by atoms with Crippen LogP contribution in [0.2, 0.25) is 0 Å². The van der Waals surface area contributed by atoms with Gasteiger partial charge in [-0.05, 0) is 30.2 Å². The van der Waals surface area contributed by atoms with Crippen molar-refractivity contribution in [2.75, 3.05) is 14.2 Å². The number of carboxylic acids is 1. The highest BCUT2D eigenvalue weighted by Gasteiger charge is 2.20. The molecule has 0 saturated heterocycles. The second-order valence-electron chi connectivity index (χ2n) is 5.79. The molecule has 3 aromatic rings. The fraction of sp³-hybridized carbons (Fsp3) is 0.150. The number of hydrogen-bond donors (Lipinski definition) is 1. The van der Waals surface area contributed by atoms with Gasteiger partial charge in [-0.25, -0.2) is 9.18 Å². The number of aryl methyl sites for hydroxylation is 1. The van der Waals surface area contributed by atoms with Gasteiger partial charge in [0, 0.05) is 5.56 Å². The van der Waals surface area contributed by atoms with Crippen LogP contribution in [-0.4, -0.2) is 35.3 Å². The molecule has 0 fully saturated rings. The number of halogens is 1. The smallest absolute Gasteiger partial charge is 0.340 e. The van der Waals surface area contributed by atoms with Crippen LogP contribution in [0.3, 0.4) is 0 Å². The van der Waals surface area contributed by atoms with Crippen LogP contribution in [0.15, 0.2) is 42.5 Å². The molecular weight excluding hydrogens is 367 g/mol. The van der Waals surface area contributed by atoms with Crippen LogP contribution in [0.4, 0.5) is 4.39 Å². The van der Waals surface area contributed by atoms with Crippen LogP contribution < -0.4 is 14.2 Å². The fourth-order valence-electron chi connectivity index (χ4n) is 2.57. The monoisotopic (exact) mass is 384 g/mol. The predicted molar refractivity (Wildman–Crippen MR) is 98.7 cm³/mol. The van der Waals surface area contributed by atoms with Gasteiger partial charge in [0.15, 0.2) is 0 Å². The number of carbonyl (C=O) groups is 1. The molecule has 1 N–H and O–H groups in total. The van der Waals surface area contributed by atoms with Crippen molar-refractivity contribution >= 4 is 5.97 Å². The van der Waals surface area contributed by atoms with Crippen molar-refractivity contribution in [3.05, 3.63) is 59.4 Å². The van der Waals surface area contributed by atoms with Crippen LogP contribution in [0.25, 0.3) is 11.1 Å². The molecule has 0 spiro atoms. The summed E-state index contributed by atoms with van der Waals surface area (Å²) in [6.45, 7) is 1.63. The van der Waals surface area contributed by atoms with E-state index in [1.165, 1.54) is 32.4 Å². The number of benzene rings is 2. The number of methoxy groups -OCH3 is 2. The molecule has 8 heteroatoms. The standard InChI is InChI=1S/C20H17FN2O5/c1-11-7-8-12(9-14(11)21)13-5-4-6-15(18(13)19(24)25)28-20-22-16(26-2)10-17(23-20)27-3/h4-10H,1-3H3,(H,24,25). The third kappa shape index (κ3) is 3.85. The summed E-state index contributed by atoms with van der Waals surface area (Å²) in [4.78, 5) is 20.0. The lowest BCUT2D eigenvalue weighted by molar-refractivity contribution is 0.0695. The molecule has 0 radical (unpaired) electrons. The van der Waals surface area contributed by atoms with Crippen LogP contribution in [0, 0.1) is 12.7 Å². The highest BCUT2D eigenvalue weighted by Crippen LogP contribution is 2.34. The molecular formula is C20H17FN2O5. The van der Waals surface area contributed by atoms with Gasteiger partial charge in [-0.15, -0.1) is 0 Å². The van der Waals surface area contributed by atoms with Gasteiger partial charge in [-0.1, -0.05) is 24.3 Å². The third-order valence-corrected chi connectivity index (χ3v) is 4.00. The van der Waals surface area contributed by atoms with Gasteiger partial charge >= 0.3 is 12.0 Å². The normalized spacial score (nSPS) is 10.4. The van der Waals surface area contributed by atoms with Gasteiger partial charge in [0.05, 0.1) is 20.3 Å². The topological polar surface area (TPSA) is 90.8 Å². The number of nitrogens with zero attached hydrogens (tertiary/aromatic N) is 2. The molecule has 0 aliphatic rings. The molecule has 0 aliphatic heterocycles. The van der Waals surface area contributed by atoms with Gasteiger partial charge in [-0.2, -0.15) is 9.97 Å². The van der Waals surface area contributed by atoms with E-state index in [9.17, 15) is 14.3 Å². The van der Waals surface area contributed by atoms with E-state index in [2.05, 4.69) is 9.97 Å². The van der Waals surface area contributed by atoms with Crippen molar-refractivity contribution in [2.45, 2.75) is 6.92 Å². The summed E-state index contributed by atoms with van der Waals surface area (Å²) in [5, 5.41) is 9.75. The Balaban J connectivity index is 2.10. The summed E-state index contributed by atoms with van der Waals surface area (Å²) < 4.78 is 29.7. The lowest BCUT2D eigenvalue weighted by Gasteiger charge is -2.13. The first kappa shape index (κ1) is 19.1. The summed E-state index contributed by atoms with van der Waals surface area (Å²) in [6, 6.07) is 10.5. The van der Waals surface area contributed by atoms with E-state index in [1.54, 1.807) is 31.2 Å². The number of rotatable bonds is 6. The quantitative estimate of drug-likeness (QED) is 0.684. The first-order chi connectivity index (χ1) is 13.4.